The molecule has 0 aliphatic carbocycles. The number of aryl methyl sites for hydroxylation is 3. The molecule has 19 heavy (non-hydrogen) atoms. The van der Waals surface area contributed by atoms with E-state index in [-0.39, 0.29) is 17.9 Å². The second-order valence-corrected chi connectivity index (χ2v) is 5.29. The van der Waals surface area contributed by atoms with Crippen molar-refractivity contribution in [3.05, 3.63) is 34.4 Å². The van der Waals surface area contributed by atoms with Crippen molar-refractivity contribution in [2.45, 2.75) is 39.7 Å². The first-order valence-corrected chi connectivity index (χ1v) is 6.63. The van der Waals surface area contributed by atoms with Gasteiger partial charge in [-0.2, -0.15) is 0 Å². The van der Waals surface area contributed by atoms with Gasteiger partial charge in [0.1, 0.15) is 0 Å². The van der Waals surface area contributed by atoms with Gasteiger partial charge in [0.2, 0.25) is 5.91 Å². The Morgan fingerprint density at radius 1 is 1.26 bits per heavy atom. The van der Waals surface area contributed by atoms with Crippen molar-refractivity contribution in [1.82, 2.24) is 10.6 Å². The highest BCUT2D eigenvalue weighted by Crippen LogP contribution is 2.17. The first-order valence-electron chi connectivity index (χ1n) is 6.63. The molecule has 4 nitrogen and oxygen atoms in total. The van der Waals surface area contributed by atoms with E-state index in [0.29, 0.717) is 19.4 Å². The molecule has 4 heteroatoms. The van der Waals surface area contributed by atoms with Crippen LogP contribution in [0.2, 0.25) is 0 Å². The number of hydrogen-bond acceptors (Lipinski definition) is 2. The summed E-state index contributed by atoms with van der Waals surface area (Å²) in [5.41, 5.74) is 3.91. The highest BCUT2D eigenvalue weighted by molar-refractivity contribution is 5.97. The smallest absolute Gasteiger partial charge is 0.252 e. The Kier molecular flexibility index (Phi) is 3.88. The standard InChI is InChI=1S/C15H20N2O2/c1-9-6-10(2)14(11(3)7-9)15(19)17-12-4-5-13(18)16-8-12/h6-7,12H,4-5,8H2,1-3H3,(H,16,18)(H,17,19). The van der Waals surface area contributed by atoms with Crippen LogP contribution in [0.1, 0.15) is 39.9 Å². The quantitative estimate of drug-likeness (QED) is 0.849. The number of nitrogens with one attached hydrogen (secondary N) is 2. The van der Waals surface area contributed by atoms with Crippen LogP contribution in [0.25, 0.3) is 0 Å². The normalized spacial score (nSPS) is 18.9. The van der Waals surface area contributed by atoms with Crippen molar-refractivity contribution >= 4 is 11.8 Å². The van der Waals surface area contributed by atoms with E-state index in [1.807, 2.05) is 32.9 Å². The number of carbonyl (C=O) groups excluding carboxylic acids is 2. The number of benzene rings is 1. The lowest BCUT2D eigenvalue weighted by Gasteiger charge is -2.24. The zero-order valence-corrected chi connectivity index (χ0v) is 11.7. The third-order valence-corrected chi connectivity index (χ3v) is 3.50. The summed E-state index contributed by atoms with van der Waals surface area (Å²) in [6.07, 6.45) is 1.19. The van der Waals surface area contributed by atoms with Crippen molar-refractivity contribution in [2.75, 3.05) is 6.54 Å². The summed E-state index contributed by atoms with van der Waals surface area (Å²) in [4.78, 5) is 23.4. The molecule has 1 aromatic rings. The molecule has 1 aliphatic heterocycles. The zero-order valence-electron chi connectivity index (χ0n) is 11.7. The van der Waals surface area contributed by atoms with Gasteiger partial charge in [-0.05, 0) is 38.3 Å². The lowest BCUT2D eigenvalue weighted by Crippen LogP contribution is -2.48. The molecule has 2 N–H and O–H groups in total. The highest BCUT2D eigenvalue weighted by atomic mass is 16.2. The molecule has 1 unspecified atom stereocenters. The van der Waals surface area contributed by atoms with Crippen LogP contribution in [-0.4, -0.2) is 24.4 Å². The summed E-state index contributed by atoms with van der Waals surface area (Å²) in [6, 6.07) is 4.07. The fraction of sp³-hybridized carbons (Fsp3) is 0.467. The van der Waals surface area contributed by atoms with Gasteiger partial charge in [-0.15, -0.1) is 0 Å². The predicted octanol–water partition coefficient (Wildman–Crippen LogP) is 1.62. The van der Waals surface area contributed by atoms with Gasteiger partial charge in [-0.25, -0.2) is 0 Å². The van der Waals surface area contributed by atoms with Crippen molar-refractivity contribution in [2.24, 2.45) is 0 Å². The van der Waals surface area contributed by atoms with E-state index in [1.165, 1.54) is 0 Å². The molecule has 0 spiro atoms. The van der Waals surface area contributed by atoms with Gasteiger partial charge >= 0.3 is 0 Å². The van der Waals surface area contributed by atoms with E-state index in [9.17, 15) is 9.59 Å². The van der Waals surface area contributed by atoms with Crippen molar-refractivity contribution in [3.8, 4) is 0 Å². The topological polar surface area (TPSA) is 58.2 Å². The van der Waals surface area contributed by atoms with Crippen LogP contribution in [0.3, 0.4) is 0 Å². The maximum Gasteiger partial charge on any atom is 0.252 e. The maximum absolute atomic E-state index is 12.3. The molecule has 0 bridgehead atoms. The van der Waals surface area contributed by atoms with Crippen LogP contribution >= 0.6 is 0 Å². The Hall–Kier alpha value is -1.84. The van der Waals surface area contributed by atoms with E-state index in [2.05, 4.69) is 10.6 Å². The SMILES string of the molecule is Cc1cc(C)c(C(=O)NC2CCC(=O)NC2)c(C)c1. The Balaban J connectivity index is 2.10. The number of amides is 2. The molecular weight excluding hydrogens is 240 g/mol. The van der Waals surface area contributed by atoms with Crippen LogP contribution in [0.15, 0.2) is 12.1 Å². The predicted molar refractivity (Wildman–Crippen MR) is 74.2 cm³/mol. The molecule has 1 aromatic carbocycles. The monoisotopic (exact) mass is 260 g/mol. The second kappa shape index (κ2) is 5.43. The molecule has 2 amide bonds. The zero-order chi connectivity index (χ0) is 14.0. The highest BCUT2D eigenvalue weighted by Gasteiger charge is 2.21. The van der Waals surface area contributed by atoms with Gasteiger partial charge in [0.25, 0.3) is 5.91 Å². The number of carbonyl (C=O) groups is 2. The first kappa shape index (κ1) is 13.6. The molecule has 0 radical (unpaired) electrons. The lowest BCUT2D eigenvalue weighted by molar-refractivity contribution is -0.122. The molecule has 1 atom stereocenters. The minimum absolute atomic E-state index is 0.0327. The van der Waals surface area contributed by atoms with Crippen molar-refractivity contribution in [3.63, 3.8) is 0 Å². The summed E-state index contributed by atoms with van der Waals surface area (Å²) in [5, 5.41) is 5.78. The molecule has 1 fully saturated rings. The van der Waals surface area contributed by atoms with Crippen LogP contribution in [0.4, 0.5) is 0 Å². The molecule has 1 saturated heterocycles. The van der Waals surface area contributed by atoms with Gasteiger partial charge in [-0.1, -0.05) is 17.7 Å². The van der Waals surface area contributed by atoms with Gasteiger partial charge < -0.3 is 10.6 Å². The van der Waals surface area contributed by atoms with E-state index in [4.69, 9.17) is 0 Å². The Morgan fingerprint density at radius 2 is 1.89 bits per heavy atom. The van der Waals surface area contributed by atoms with Gasteiger partial charge in [0, 0.05) is 24.6 Å². The summed E-state index contributed by atoms with van der Waals surface area (Å²) in [6.45, 7) is 6.46. The van der Waals surface area contributed by atoms with Crippen LogP contribution in [0.5, 0.6) is 0 Å². The molecule has 1 heterocycles. The minimum atomic E-state index is -0.0452. The first-order chi connectivity index (χ1) is 8.97. The third kappa shape index (κ3) is 3.13. The molecule has 102 valence electrons. The van der Waals surface area contributed by atoms with E-state index >= 15 is 0 Å². The van der Waals surface area contributed by atoms with Crippen LogP contribution in [0, 0.1) is 20.8 Å². The number of rotatable bonds is 2. The summed E-state index contributed by atoms with van der Waals surface area (Å²) in [5.74, 6) is 0.0179. The Bertz CT molecular complexity index is 490. The Labute approximate surface area is 113 Å². The van der Waals surface area contributed by atoms with E-state index in [1.54, 1.807) is 0 Å². The average Bonchev–Trinajstić information content (AvgIpc) is 2.30. The molecule has 0 aromatic heterocycles. The number of piperidine rings is 1. The van der Waals surface area contributed by atoms with Gasteiger partial charge in [0.15, 0.2) is 0 Å². The molecule has 1 aliphatic rings. The second-order valence-electron chi connectivity index (χ2n) is 5.29. The fourth-order valence-electron chi connectivity index (χ4n) is 2.65. The summed E-state index contributed by atoms with van der Waals surface area (Å²) in [7, 11) is 0. The number of hydrogen-bond donors (Lipinski definition) is 2. The molecular formula is C15H20N2O2. The average molecular weight is 260 g/mol. The maximum atomic E-state index is 12.3. The molecule has 0 saturated carbocycles. The van der Waals surface area contributed by atoms with E-state index in [0.717, 1.165) is 22.3 Å². The molecule has 2 rings (SSSR count). The van der Waals surface area contributed by atoms with Crippen molar-refractivity contribution in [1.29, 1.82) is 0 Å². The minimum Gasteiger partial charge on any atom is -0.354 e. The van der Waals surface area contributed by atoms with Gasteiger partial charge in [0.05, 0.1) is 0 Å². The Morgan fingerprint density at radius 3 is 2.42 bits per heavy atom. The van der Waals surface area contributed by atoms with E-state index < -0.39 is 0 Å². The summed E-state index contributed by atoms with van der Waals surface area (Å²) >= 11 is 0. The third-order valence-electron chi connectivity index (χ3n) is 3.50. The van der Waals surface area contributed by atoms with Crippen LogP contribution < -0.4 is 10.6 Å². The summed E-state index contributed by atoms with van der Waals surface area (Å²) < 4.78 is 0. The van der Waals surface area contributed by atoms with Crippen LogP contribution in [-0.2, 0) is 4.79 Å². The fourth-order valence-corrected chi connectivity index (χ4v) is 2.65. The largest absolute Gasteiger partial charge is 0.354 e. The van der Waals surface area contributed by atoms with Gasteiger partial charge in [-0.3, -0.25) is 9.59 Å². The lowest BCUT2D eigenvalue weighted by atomic mass is 9.98. The van der Waals surface area contributed by atoms with Crippen molar-refractivity contribution < 1.29 is 9.59 Å².